The van der Waals surface area contributed by atoms with Gasteiger partial charge in [-0.3, -0.25) is 0 Å². The quantitative estimate of drug-likeness (QED) is 0.755. The Labute approximate surface area is 124 Å². The van der Waals surface area contributed by atoms with Gasteiger partial charge in [-0.1, -0.05) is 6.07 Å². The molecule has 1 fully saturated rings. The van der Waals surface area contributed by atoms with E-state index in [1.54, 1.807) is 11.3 Å². The van der Waals surface area contributed by atoms with Crippen molar-refractivity contribution in [3.8, 4) is 0 Å². The third-order valence-corrected chi connectivity index (χ3v) is 5.26. The van der Waals surface area contributed by atoms with E-state index in [1.807, 2.05) is 6.92 Å². The molecule has 0 spiro atoms. The molecule has 0 atom stereocenters. The second-order valence-corrected chi connectivity index (χ2v) is 7.74. The van der Waals surface area contributed by atoms with Gasteiger partial charge in [-0.25, -0.2) is 4.98 Å². The Kier molecular flexibility index (Phi) is 3.02. The number of rotatable bonds is 1. The molecule has 5 heteroatoms. The highest BCUT2D eigenvalue weighted by Crippen LogP contribution is 2.37. The van der Waals surface area contributed by atoms with Gasteiger partial charge in [0.25, 0.3) is 0 Å². The van der Waals surface area contributed by atoms with Crippen LogP contribution >= 0.6 is 11.3 Å². The first kappa shape index (κ1) is 14.0. The summed E-state index contributed by atoms with van der Waals surface area (Å²) in [5.41, 5.74) is 2.75. The van der Waals surface area contributed by atoms with Crippen LogP contribution in [0.4, 0.5) is 0 Å². The van der Waals surface area contributed by atoms with Gasteiger partial charge < -0.3 is 9.31 Å². The van der Waals surface area contributed by atoms with Crippen LogP contribution in [-0.2, 0) is 9.31 Å². The molecule has 0 amide bonds. The summed E-state index contributed by atoms with van der Waals surface area (Å²) in [6.45, 7) is 12.4. The summed E-state index contributed by atoms with van der Waals surface area (Å²) in [5, 5.41) is 1.09. The maximum Gasteiger partial charge on any atom is 0.494 e. The highest BCUT2D eigenvalue weighted by Gasteiger charge is 2.51. The molecular weight excluding hydrogens is 269 g/mol. The number of hydrogen-bond donors (Lipinski definition) is 0. The lowest BCUT2D eigenvalue weighted by Gasteiger charge is -2.32. The van der Waals surface area contributed by atoms with E-state index in [0.717, 1.165) is 16.0 Å². The van der Waals surface area contributed by atoms with Crippen LogP contribution in [0.25, 0.3) is 10.2 Å². The van der Waals surface area contributed by atoms with E-state index in [0.29, 0.717) is 0 Å². The molecule has 106 valence electrons. The highest BCUT2D eigenvalue weighted by atomic mass is 32.1. The number of fused-ring (bicyclic) bond motifs is 1. The normalized spacial score (nSPS) is 20.8. The van der Waals surface area contributed by atoms with Crippen LogP contribution in [-0.4, -0.2) is 23.3 Å². The zero-order valence-corrected chi connectivity index (χ0v) is 13.7. The molecule has 0 unspecified atom stereocenters. The molecule has 0 aliphatic carbocycles. The number of benzene rings is 1. The second-order valence-electron chi connectivity index (χ2n) is 6.51. The van der Waals surface area contributed by atoms with Gasteiger partial charge in [0.2, 0.25) is 0 Å². The Morgan fingerprint density at radius 1 is 1.05 bits per heavy atom. The number of aromatic nitrogens is 1. The van der Waals surface area contributed by atoms with Crippen molar-refractivity contribution < 1.29 is 9.31 Å². The molecule has 1 aliphatic heterocycles. The summed E-state index contributed by atoms with van der Waals surface area (Å²) < 4.78 is 13.4. The predicted octanol–water partition coefficient (Wildman–Crippen LogP) is 3.21. The minimum Gasteiger partial charge on any atom is -0.399 e. The summed E-state index contributed by atoms with van der Waals surface area (Å²) in [6, 6.07) is 4.28. The van der Waals surface area contributed by atoms with Gasteiger partial charge in [0, 0.05) is 0 Å². The van der Waals surface area contributed by atoms with Crippen molar-refractivity contribution in [3.05, 3.63) is 22.7 Å². The maximum atomic E-state index is 6.12. The number of hydrogen-bond acceptors (Lipinski definition) is 4. The minimum atomic E-state index is -0.301. The molecule has 0 saturated carbocycles. The largest absolute Gasteiger partial charge is 0.494 e. The van der Waals surface area contributed by atoms with Crippen LogP contribution in [0.1, 0.15) is 38.3 Å². The zero-order chi connectivity index (χ0) is 14.7. The first-order valence-corrected chi connectivity index (χ1v) is 7.74. The van der Waals surface area contributed by atoms with Crippen LogP contribution in [0, 0.1) is 13.8 Å². The first-order chi connectivity index (χ1) is 9.19. The van der Waals surface area contributed by atoms with Crippen LogP contribution in [0.15, 0.2) is 12.1 Å². The molecule has 3 rings (SSSR count). The SMILES string of the molecule is Cc1nc2c(C)cc(B3OC(C)(C)C(C)(C)O3)cc2s1. The van der Waals surface area contributed by atoms with E-state index in [9.17, 15) is 0 Å². The molecule has 0 bridgehead atoms. The monoisotopic (exact) mass is 289 g/mol. The molecule has 20 heavy (non-hydrogen) atoms. The third-order valence-electron chi connectivity index (χ3n) is 4.34. The molecule has 0 N–H and O–H groups in total. The van der Waals surface area contributed by atoms with Crippen LogP contribution in [0.5, 0.6) is 0 Å². The average molecular weight is 289 g/mol. The van der Waals surface area contributed by atoms with Crippen LogP contribution in [0.3, 0.4) is 0 Å². The molecule has 2 heterocycles. The standard InChI is InChI=1S/C15H20BNO2S/c1-9-7-11(8-12-13(9)17-10(2)20-12)16-18-14(3,4)15(5,6)19-16/h7-8H,1-6H3. The van der Waals surface area contributed by atoms with Gasteiger partial charge in [0.15, 0.2) is 0 Å². The fourth-order valence-corrected chi connectivity index (χ4v) is 3.40. The molecule has 1 saturated heterocycles. The van der Waals surface area contributed by atoms with Gasteiger partial charge in [-0.05, 0) is 58.6 Å². The molecule has 1 aromatic heterocycles. The fourth-order valence-electron chi connectivity index (χ4n) is 2.45. The highest BCUT2D eigenvalue weighted by molar-refractivity contribution is 7.18. The van der Waals surface area contributed by atoms with Crippen molar-refractivity contribution in [2.75, 3.05) is 0 Å². The topological polar surface area (TPSA) is 31.4 Å². The van der Waals surface area contributed by atoms with E-state index in [2.05, 4.69) is 51.7 Å². The van der Waals surface area contributed by atoms with Crippen molar-refractivity contribution in [1.82, 2.24) is 4.98 Å². The van der Waals surface area contributed by atoms with Crippen LogP contribution < -0.4 is 5.46 Å². The number of aryl methyl sites for hydroxylation is 2. The van der Waals surface area contributed by atoms with E-state index in [4.69, 9.17) is 9.31 Å². The smallest absolute Gasteiger partial charge is 0.399 e. The van der Waals surface area contributed by atoms with Crippen LogP contribution in [0.2, 0.25) is 0 Å². The van der Waals surface area contributed by atoms with Crippen molar-refractivity contribution in [2.24, 2.45) is 0 Å². The lowest BCUT2D eigenvalue weighted by Crippen LogP contribution is -2.41. The summed E-state index contributed by atoms with van der Waals surface area (Å²) >= 11 is 1.72. The van der Waals surface area contributed by atoms with Gasteiger partial charge in [0.1, 0.15) is 0 Å². The summed E-state index contributed by atoms with van der Waals surface area (Å²) in [6.07, 6.45) is 0. The Morgan fingerprint density at radius 3 is 2.25 bits per heavy atom. The lowest BCUT2D eigenvalue weighted by atomic mass is 9.78. The van der Waals surface area contributed by atoms with Crippen molar-refractivity contribution >= 4 is 34.1 Å². The van der Waals surface area contributed by atoms with Crippen molar-refractivity contribution in [2.45, 2.75) is 52.7 Å². The number of thiazole rings is 1. The minimum absolute atomic E-state index is 0.300. The summed E-state index contributed by atoms with van der Waals surface area (Å²) in [4.78, 5) is 4.57. The third kappa shape index (κ3) is 2.08. The molecule has 1 aromatic carbocycles. The summed E-state index contributed by atoms with van der Waals surface area (Å²) in [7, 11) is -0.300. The van der Waals surface area contributed by atoms with E-state index in [1.165, 1.54) is 10.3 Å². The Bertz CT molecular complexity index is 662. The number of nitrogens with zero attached hydrogens (tertiary/aromatic N) is 1. The van der Waals surface area contributed by atoms with Gasteiger partial charge >= 0.3 is 7.12 Å². The molecule has 3 nitrogen and oxygen atoms in total. The molecule has 1 aliphatic rings. The van der Waals surface area contributed by atoms with Gasteiger partial charge in [-0.2, -0.15) is 0 Å². The first-order valence-electron chi connectivity index (χ1n) is 6.93. The Balaban J connectivity index is 2.04. The van der Waals surface area contributed by atoms with Crippen molar-refractivity contribution in [1.29, 1.82) is 0 Å². The fraction of sp³-hybridized carbons (Fsp3) is 0.533. The molecular formula is C15H20BNO2S. The molecule has 2 aromatic rings. The zero-order valence-electron chi connectivity index (χ0n) is 12.9. The Hall–Kier alpha value is -0.905. The Morgan fingerprint density at radius 2 is 1.65 bits per heavy atom. The average Bonchev–Trinajstić information content (AvgIpc) is 2.77. The van der Waals surface area contributed by atoms with Gasteiger partial charge in [0.05, 0.1) is 26.4 Å². The maximum absolute atomic E-state index is 6.12. The van der Waals surface area contributed by atoms with E-state index >= 15 is 0 Å². The lowest BCUT2D eigenvalue weighted by molar-refractivity contribution is 0.00578. The molecule has 0 radical (unpaired) electrons. The van der Waals surface area contributed by atoms with Gasteiger partial charge in [-0.15, -0.1) is 11.3 Å². The van der Waals surface area contributed by atoms with E-state index < -0.39 is 0 Å². The predicted molar refractivity (Wildman–Crippen MR) is 84.8 cm³/mol. The van der Waals surface area contributed by atoms with E-state index in [-0.39, 0.29) is 18.3 Å². The summed E-state index contributed by atoms with van der Waals surface area (Å²) in [5.74, 6) is 0. The van der Waals surface area contributed by atoms with Crippen molar-refractivity contribution in [3.63, 3.8) is 0 Å². The second kappa shape index (κ2) is 4.29.